The zero-order chi connectivity index (χ0) is 10.7. The molecule has 0 heterocycles. The molecule has 1 aliphatic carbocycles. The molecule has 0 N–H and O–H groups in total. The van der Waals surface area contributed by atoms with Gasteiger partial charge in [0.15, 0.2) is 0 Å². The Kier molecular flexibility index (Phi) is 3.68. The molecule has 0 radical (unpaired) electrons. The van der Waals surface area contributed by atoms with Gasteiger partial charge >= 0.3 is 0 Å². The van der Waals surface area contributed by atoms with Crippen molar-refractivity contribution in [2.45, 2.75) is 33.1 Å². The molecule has 1 saturated carbocycles. The highest BCUT2D eigenvalue weighted by atomic mass is 16.1. The fourth-order valence-corrected chi connectivity index (χ4v) is 2.47. The number of hydrogen-bond acceptors (Lipinski definition) is 1. The van der Waals surface area contributed by atoms with Crippen LogP contribution in [0.5, 0.6) is 0 Å². The van der Waals surface area contributed by atoms with Crippen LogP contribution in [0.25, 0.3) is 0 Å². The monoisotopic (exact) mass is 192 g/mol. The van der Waals surface area contributed by atoms with Crippen LogP contribution in [0.2, 0.25) is 0 Å². The summed E-state index contributed by atoms with van der Waals surface area (Å²) in [7, 11) is 0. The van der Waals surface area contributed by atoms with Gasteiger partial charge in [-0.25, -0.2) is 0 Å². The lowest BCUT2D eigenvalue weighted by molar-refractivity contribution is -0.105. The number of carbonyl (C=O) groups excluding carboxylic acids is 1. The number of allylic oxidation sites excluding steroid dienone is 2. The van der Waals surface area contributed by atoms with Crippen LogP contribution in [0, 0.1) is 17.8 Å². The van der Waals surface area contributed by atoms with Crippen molar-refractivity contribution in [3.05, 3.63) is 24.3 Å². The van der Waals surface area contributed by atoms with E-state index < -0.39 is 0 Å². The topological polar surface area (TPSA) is 17.1 Å². The Bertz CT molecular complexity index is 252. The van der Waals surface area contributed by atoms with Crippen molar-refractivity contribution in [1.82, 2.24) is 0 Å². The van der Waals surface area contributed by atoms with E-state index in [1.165, 1.54) is 12.0 Å². The predicted molar refractivity (Wildman–Crippen MR) is 60.0 cm³/mol. The second-order valence-electron chi connectivity index (χ2n) is 4.67. The molecule has 0 amide bonds. The van der Waals surface area contributed by atoms with Crippen LogP contribution in [-0.4, -0.2) is 6.29 Å². The quantitative estimate of drug-likeness (QED) is 0.380. The minimum absolute atomic E-state index is 0.341. The third-order valence-electron chi connectivity index (χ3n) is 3.37. The first kappa shape index (κ1) is 11.2. The van der Waals surface area contributed by atoms with Crippen LogP contribution in [0.15, 0.2) is 24.3 Å². The molecule has 1 heteroatoms. The van der Waals surface area contributed by atoms with E-state index in [9.17, 15) is 4.79 Å². The van der Waals surface area contributed by atoms with Crippen molar-refractivity contribution >= 4 is 6.29 Å². The van der Waals surface area contributed by atoms with E-state index >= 15 is 0 Å². The van der Waals surface area contributed by atoms with Crippen molar-refractivity contribution in [2.75, 3.05) is 0 Å². The molecule has 1 nitrogen and oxygen atoms in total. The summed E-state index contributed by atoms with van der Waals surface area (Å²) >= 11 is 0. The van der Waals surface area contributed by atoms with Gasteiger partial charge in [0.1, 0.15) is 6.29 Å². The predicted octanol–water partition coefficient (Wildman–Crippen LogP) is 3.37. The molecule has 14 heavy (non-hydrogen) atoms. The summed E-state index contributed by atoms with van der Waals surface area (Å²) < 4.78 is 0. The van der Waals surface area contributed by atoms with Crippen LogP contribution in [0.4, 0.5) is 0 Å². The zero-order valence-corrected chi connectivity index (χ0v) is 9.25. The first-order valence-electron chi connectivity index (χ1n) is 5.35. The Balaban J connectivity index is 2.78. The second-order valence-corrected chi connectivity index (χ2v) is 4.67. The van der Waals surface area contributed by atoms with Crippen molar-refractivity contribution < 1.29 is 4.79 Å². The number of aldehydes is 1. The van der Waals surface area contributed by atoms with Crippen molar-refractivity contribution in [3.63, 3.8) is 0 Å². The molecule has 0 saturated heterocycles. The standard InChI is InChI=1S/C13H20O/c1-9(2)12-6-5-10(3)7-13(12)11(4)8-14/h8,10,12-13H,1,4-7H2,2-3H3/t10-,12+,13+/m0/s1. The van der Waals surface area contributed by atoms with E-state index in [0.29, 0.717) is 17.8 Å². The molecule has 0 aromatic heterocycles. The van der Waals surface area contributed by atoms with Crippen molar-refractivity contribution in [3.8, 4) is 0 Å². The highest BCUT2D eigenvalue weighted by molar-refractivity contribution is 5.73. The molecule has 0 aromatic carbocycles. The molecule has 1 fully saturated rings. The Labute approximate surface area is 86.9 Å². The van der Waals surface area contributed by atoms with Crippen LogP contribution in [0.1, 0.15) is 33.1 Å². The molecule has 3 atom stereocenters. The number of carbonyl (C=O) groups is 1. The normalized spacial score (nSPS) is 32.3. The van der Waals surface area contributed by atoms with Gasteiger partial charge in [-0.15, -0.1) is 0 Å². The van der Waals surface area contributed by atoms with Gasteiger partial charge in [-0.1, -0.05) is 32.1 Å². The summed E-state index contributed by atoms with van der Waals surface area (Å²) in [6.45, 7) is 12.2. The van der Waals surface area contributed by atoms with Gasteiger partial charge in [-0.2, -0.15) is 0 Å². The van der Waals surface area contributed by atoms with E-state index in [-0.39, 0.29) is 0 Å². The molecule has 1 rings (SSSR count). The maximum Gasteiger partial charge on any atom is 0.145 e. The van der Waals surface area contributed by atoms with Crippen molar-refractivity contribution in [1.29, 1.82) is 0 Å². The molecule has 0 bridgehead atoms. The molecule has 78 valence electrons. The number of hydrogen-bond donors (Lipinski definition) is 0. The van der Waals surface area contributed by atoms with E-state index in [2.05, 4.69) is 27.0 Å². The van der Waals surface area contributed by atoms with E-state index in [0.717, 1.165) is 24.7 Å². The van der Waals surface area contributed by atoms with E-state index in [1.807, 2.05) is 0 Å². The van der Waals surface area contributed by atoms with Gasteiger partial charge in [0.05, 0.1) is 0 Å². The maximum absolute atomic E-state index is 10.7. The minimum atomic E-state index is 0.341. The average Bonchev–Trinajstić information content (AvgIpc) is 2.16. The third-order valence-corrected chi connectivity index (χ3v) is 3.37. The van der Waals surface area contributed by atoms with Gasteiger partial charge in [0, 0.05) is 0 Å². The maximum atomic E-state index is 10.7. The minimum Gasteiger partial charge on any atom is -0.298 e. The summed E-state index contributed by atoms with van der Waals surface area (Å²) in [5.41, 5.74) is 1.95. The molecule has 0 aromatic rings. The first-order valence-corrected chi connectivity index (χ1v) is 5.35. The Morgan fingerprint density at radius 1 is 1.29 bits per heavy atom. The van der Waals surface area contributed by atoms with Gasteiger partial charge in [0.2, 0.25) is 0 Å². The van der Waals surface area contributed by atoms with Crippen LogP contribution < -0.4 is 0 Å². The summed E-state index contributed by atoms with van der Waals surface area (Å²) in [6.07, 6.45) is 4.42. The smallest absolute Gasteiger partial charge is 0.145 e. The molecule has 0 spiro atoms. The summed E-state index contributed by atoms with van der Waals surface area (Å²) in [6, 6.07) is 0. The van der Waals surface area contributed by atoms with Crippen LogP contribution in [0.3, 0.4) is 0 Å². The van der Waals surface area contributed by atoms with Crippen LogP contribution >= 0.6 is 0 Å². The van der Waals surface area contributed by atoms with Crippen LogP contribution in [-0.2, 0) is 4.79 Å². The molecule has 1 aliphatic rings. The lowest BCUT2D eigenvalue weighted by Crippen LogP contribution is -2.26. The average molecular weight is 192 g/mol. The Morgan fingerprint density at radius 3 is 2.43 bits per heavy atom. The van der Waals surface area contributed by atoms with E-state index in [4.69, 9.17) is 0 Å². The first-order chi connectivity index (χ1) is 6.56. The summed E-state index contributed by atoms with van der Waals surface area (Å²) in [4.78, 5) is 10.7. The fourth-order valence-electron chi connectivity index (χ4n) is 2.47. The van der Waals surface area contributed by atoms with E-state index in [1.54, 1.807) is 0 Å². The SMILES string of the molecule is C=C(C)[C@H]1CC[C@H](C)C[C@@H]1C(=C)C=O. The van der Waals surface area contributed by atoms with Gasteiger partial charge in [-0.05, 0) is 43.1 Å². The Morgan fingerprint density at radius 2 is 1.93 bits per heavy atom. The lowest BCUT2D eigenvalue weighted by atomic mass is 9.69. The Hall–Kier alpha value is -0.850. The molecule has 0 unspecified atom stereocenters. The summed E-state index contributed by atoms with van der Waals surface area (Å²) in [5.74, 6) is 1.53. The second kappa shape index (κ2) is 4.59. The van der Waals surface area contributed by atoms with Gasteiger partial charge in [-0.3, -0.25) is 4.79 Å². The fraction of sp³-hybridized carbons (Fsp3) is 0.615. The van der Waals surface area contributed by atoms with Gasteiger partial charge in [0.25, 0.3) is 0 Å². The number of rotatable bonds is 3. The highest BCUT2D eigenvalue weighted by Crippen LogP contribution is 2.40. The molecular weight excluding hydrogens is 172 g/mol. The highest BCUT2D eigenvalue weighted by Gasteiger charge is 2.30. The molecular formula is C13H20O. The third kappa shape index (κ3) is 2.34. The largest absolute Gasteiger partial charge is 0.298 e. The molecule has 0 aliphatic heterocycles. The van der Waals surface area contributed by atoms with Gasteiger partial charge < -0.3 is 0 Å². The lowest BCUT2D eigenvalue weighted by Gasteiger charge is -2.35. The van der Waals surface area contributed by atoms with Crippen molar-refractivity contribution in [2.24, 2.45) is 17.8 Å². The zero-order valence-electron chi connectivity index (χ0n) is 9.25. The summed E-state index contributed by atoms with van der Waals surface area (Å²) in [5, 5.41) is 0.